The molecule has 0 aliphatic carbocycles. The third-order valence-corrected chi connectivity index (χ3v) is 4.97. The Balaban J connectivity index is 1.77. The zero-order chi connectivity index (χ0) is 18.6. The van der Waals surface area contributed by atoms with Gasteiger partial charge in [-0.15, -0.1) is 11.8 Å². The molecule has 0 radical (unpaired) electrons. The maximum atomic E-state index is 12.4. The smallest absolute Gasteiger partial charge is 0.237 e. The Morgan fingerprint density at radius 3 is 2.54 bits per heavy atom. The Labute approximate surface area is 160 Å². The number of thioether (sulfide) groups is 1. The number of hydrogen-bond acceptors (Lipinski definition) is 4. The van der Waals surface area contributed by atoms with E-state index in [1.165, 1.54) is 5.56 Å². The molecule has 0 aliphatic heterocycles. The maximum absolute atomic E-state index is 12.4. The molecule has 26 heavy (non-hydrogen) atoms. The highest BCUT2D eigenvalue weighted by Gasteiger charge is 2.13. The van der Waals surface area contributed by atoms with Crippen molar-refractivity contribution in [3.63, 3.8) is 0 Å². The van der Waals surface area contributed by atoms with Gasteiger partial charge in [0, 0.05) is 18.0 Å². The molecular formula is C21H27NO3S. The highest BCUT2D eigenvalue weighted by atomic mass is 32.2. The van der Waals surface area contributed by atoms with Crippen LogP contribution in [0.25, 0.3) is 0 Å². The van der Waals surface area contributed by atoms with Crippen molar-refractivity contribution in [2.45, 2.75) is 31.5 Å². The summed E-state index contributed by atoms with van der Waals surface area (Å²) in [5, 5.41) is 2.87. The van der Waals surface area contributed by atoms with Crippen LogP contribution in [0.4, 0.5) is 5.69 Å². The van der Waals surface area contributed by atoms with Crippen LogP contribution in [0.2, 0.25) is 0 Å². The van der Waals surface area contributed by atoms with Crippen molar-refractivity contribution in [3.8, 4) is 0 Å². The van der Waals surface area contributed by atoms with Gasteiger partial charge in [0.05, 0.1) is 25.1 Å². The van der Waals surface area contributed by atoms with E-state index in [0.29, 0.717) is 26.4 Å². The van der Waals surface area contributed by atoms with Crippen LogP contribution in [0.3, 0.4) is 0 Å². The molecule has 1 unspecified atom stereocenters. The van der Waals surface area contributed by atoms with Gasteiger partial charge in [0.25, 0.3) is 0 Å². The third-order valence-electron chi connectivity index (χ3n) is 3.75. The van der Waals surface area contributed by atoms with Crippen molar-refractivity contribution in [1.82, 2.24) is 0 Å². The van der Waals surface area contributed by atoms with Crippen LogP contribution in [0.5, 0.6) is 0 Å². The predicted molar refractivity (Wildman–Crippen MR) is 108 cm³/mol. The average Bonchev–Trinajstić information content (AvgIpc) is 2.67. The zero-order valence-electron chi connectivity index (χ0n) is 15.4. The summed E-state index contributed by atoms with van der Waals surface area (Å²) in [6, 6.07) is 18.0. The van der Waals surface area contributed by atoms with Gasteiger partial charge in [-0.05, 0) is 37.1 Å². The molecule has 0 fully saturated rings. The van der Waals surface area contributed by atoms with Gasteiger partial charge in [-0.25, -0.2) is 0 Å². The number of benzene rings is 2. The molecule has 0 heterocycles. The van der Waals surface area contributed by atoms with Gasteiger partial charge in [0.15, 0.2) is 0 Å². The first-order valence-corrected chi connectivity index (χ1v) is 9.94. The Morgan fingerprint density at radius 2 is 1.77 bits per heavy atom. The summed E-state index contributed by atoms with van der Waals surface area (Å²) in [7, 11) is 0. The van der Waals surface area contributed by atoms with Crippen LogP contribution in [0.1, 0.15) is 25.0 Å². The van der Waals surface area contributed by atoms with Crippen molar-refractivity contribution in [2.24, 2.45) is 0 Å². The first-order chi connectivity index (χ1) is 12.7. The van der Waals surface area contributed by atoms with Gasteiger partial charge >= 0.3 is 0 Å². The van der Waals surface area contributed by atoms with Crippen molar-refractivity contribution in [1.29, 1.82) is 0 Å². The third kappa shape index (κ3) is 7.60. The maximum Gasteiger partial charge on any atom is 0.237 e. The van der Waals surface area contributed by atoms with Crippen LogP contribution in [-0.4, -0.2) is 31.0 Å². The Hall–Kier alpha value is -1.82. The van der Waals surface area contributed by atoms with E-state index in [2.05, 4.69) is 17.4 Å². The fraction of sp³-hybridized carbons (Fsp3) is 0.381. The van der Waals surface area contributed by atoms with Gasteiger partial charge in [-0.2, -0.15) is 0 Å². The van der Waals surface area contributed by atoms with E-state index >= 15 is 0 Å². The average molecular weight is 374 g/mol. The first-order valence-electron chi connectivity index (χ1n) is 8.90. The molecule has 0 saturated heterocycles. The molecule has 1 atom stereocenters. The Morgan fingerprint density at radius 1 is 1.04 bits per heavy atom. The molecule has 140 valence electrons. The number of amides is 1. The minimum atomic E-state index is -0.124. The number of nitrogens with one attached hydrogen (secondary N) is 1. The molecule has 1 N–H and O–H groups in total. The van der Waals surface area contributed by atoms with Crippen molar-refractivity contribution in [3.05, 3.63) is 65.7 Å². The lowest BCUT2D eigenvalue weighted by atomic mass is 10.2. The Bertz CT molecular complexity index is 663. The summed E-state index contributed by atoms with van der Waals surface area (Å²) in [5.41, 5.74) is 3.06. The van der Waals surface area contributed by atoms with Crippen LogP contribution in [0, 0.1) is 0 Å². The molecule has 2 rings (SSSR count). The molecule has 0 spiro atoms. The van der Waals surface area contributed by atoms with E-state index < -0.39 is 0 Å². The molecule has 2 aromatic carbocycles. The molecule has 0 aromatic heterocycles. The van der Waals surface area contributed by atoms with Gasteiger partial charge < -0.3 is 14.8 Å². The van der Waals surface area contributed by atoms with Crippen LogP contribution >= 0.6 is 11.8 Å². The van der Waals surface area contributed by atoms with E-state index in [9.17, 15) is 4.79 Å². The molecule has 0 bridgehead atoms. The summed E-state index contributed by atoms with van der Waals surface area (Å²) in [4.78, 5) is 12.4. The lowest BCUT2D eigenvalue weighted by Crippen LogP contribution is -2.22. The molecule has 4 nitrogen and oxygen atoms in total. The molecule has 0 saturated carbocycles. The number of hydrogen-bond donors (Lipinski definition) is 1. The fourth-order valence-corrected chi connectivity index (χ4v) is 3.15. The van der Waals surface area contributed by atoms with E-state index in [4.69, 9.17) is 9.47 Å². The topological polar surface area (TPSA) is 47.6 Å². The summed E-state index contributed by atoms with van der Waals surface area (Å²) in [6.45, 7) is 6.27. The standard InChI is InChI=1S/C21H27NO3S/c1-3-24-12-13-25-15-19-10-7-11-20(14-19)22-21(23)17(2)26-16-18-8-5-4-6-9-18/h4-11,14,17H,3,12-13,15-16H2,1-2H3,(H,22,23). The fourth-order valence-electron chi connectivity index (χ4n) is 2.31. The van der Waals surface area contributed by atoms with E-state index in [1.807, 2.05) is 56.3 Å². The highest BCUT2D eigenvalue weighted by molar-refractivity contribution is 7.99. The lowest BCUT2D eigenvalue weighted by Gasteiger charge is -2.13. The van der Waals surface area contributed by atoms with Crippen molar-refractivity contribution >= 4 is 23.4 Å². The predicted octanol–water partition coefficient (Wildman–Crippen LogP) is 4.50. The van der Waals surface area contributed by atoms with Crippen molar-refractivity contribution in [2.75, 3.05) is 25.1 Å². The van der Waals surface area contributed by atoms with E-state index in [0.717, 1.165) is 17.0 Å². The van der Waals surface area contributed by atoms with Crippen LogP contribution < -0.4 is 5.32 Å². The second kappa shape index (κ2) is 11.7. The number of carbonyl (C=O) groups is 1. The second-order valence-corrected chi connectivity index (χ2v) is 7.21. The highest BCUT2D eigenvalue weighted by Crippen LogP contribution is 2.19. The zero-order valence-corrected chi connectivity index (χ0v) is 16.3. The van der Waals surface area contributed by atoms with Gasteiger partial charge in [-0.1, -0.05) is 42.5 Å². The van der Waals surface area contributed by atoms with Gasteiger partial charge in [0.2, 0.25) is 5.91 Å². The minimum absolute atomic E-state index is 0.0142. The molecule has 1 amide bonds. The molecule has 2 aromatic rings. The molecule has 0 aliphatic rings. The Kier molecular flexibility index (Phi) is 9.24. The van der Waals surface area contributed by atoms with Gasteiger partial charge in [-0.3, -0.25) is 4.79 Å². The number of anilines is 1. The summed E-state index contributed by atoms with van der Waals surface area (Å²) in [5.74, 6) is 0.837. The molecular weight excluding hydrogens is 346 g/mol. The van der Waals surface area contributed by atoms with Crippen LogP contribution in [0.15, 0.2) is 54.6 Å². The van der Waals surface area contributed by atoms with Crippen LogP contribution in [-0.2, 0) is 26.6 Å². The SMILES string of the molecule is CCOCCOCc1cccc(NC(=O)C(C)SCc2ccccc2)c1. The van der Waals surface area contributed by atoms with E-state index in [-0.39, 0.29) is 11.2 Å². The minimum Gasteiger partial charge on any atom is -0.379 e. The normalized spacial score (nSPS) is 11.9. The number of rotatable bonds is 11. The number of ether oxygens (including phenoxy) is 2. The monoisotopic (exact) mass is 373 g/mol. The first kappa shape index (κ1) is 20.5. The summed E-state index contributed by atoms with van der Waals surface area (Å²) in [6.07, 6.45) is 0. The quantitative estimate of drug-likeness (QED) is 0.589. The molecule has 5 heteroatoms. The number of carbonyl (C=O) groups excluding carboxylic acids is 1. The van der Waals surface area contributed by atoms with Gasteiger partial charge in [0.1, 0.15) is 0 Å². The summed E-state index contributed by atoms with van der Waals surface area (Å²) >= 11 is 1.63. The van der Waals surface area contributed by atoms with E-state index in [1.54, 1.807) is 11.8 Å². The lowest BCUT2D eigenvalue weighted by molar-refractivity contribution is -0.115. The second-order valence-electron chi connectivity index (χ2n) is 5.88. The van der Waals surface area contributed by atoms with Crippen molar-refractivity contribution < 1.29 is 14.3 Å². The largest absolute Gasteiger partial charge is 0.379 e. The summed E-state index contributed by atoms with van der Waals surface area (Å²) < 4.78 is 10.8.